The van der Waals surface area contributed by atoms with Gasteiger partial charge in [0.2, 0.25) is 5.82 Å². The highest BCUT2D eigenvalue weighted by Crippen LogP contribution is 2.23. The molecular formula is C24H20N8O3. The van der Waals surface area contributed by atoms with Gasteiger partial charge in [0.15, 0.2) is 12.3 Å². The fraction of sp³-hybridized carbons (Fsp3) is 0.125. The van der Waals surface area contributed by atoms with Crippen molar-refractivity contribution in [3.63, 3.8) is 0 Å². The molecule has 2 aromatic heterocycles. The Morgan fingerprint density at radius 1 is 1.06 bits per heavy atom. The van der Waals surface area contributed by atoms with Crippen LogP contribution in [-0.4, -0.2) is 42.7 Å². The molecule has 5 rings (SSSR count). The first kappa shape index (κ1) is 21.9. The number of nitrogens with zero attached hydrogens (tertiary/aromatic N) is 7. The summed E-state index contributed by atoms with van der Waals surface area (Å²) in [5.41, 5.74) is 4.73. The number of oxime groups is 2. The maximum Gasteiger partial charge on any atom is 0.439 e. The molecule has 2 heterocycles. The van der Waals surface area contributed by atoms with Crippen molar-refractivity contribution in [2.24, 2.45) is 17.4 Å². The number of amides is 1. The zero-order valence-corrected chi connectivity index (χ0v) is 18.7. The van der Waals surface area contributed by atoms with E-state index in [2.05, 4.69) is 36.1 Å². The highest BCUT2D eigenvalue weighted by atomic mass is 16.7. The van der Waals surface area contributed by atoms with Gasteiger partial charge in [0, 0.05) is 24.6 Å². The zero-order chi connectivity index (χ0) is 24.0. The van der Waals surface area contributed by atoms with E-state index < -0.39 is 6.09 Å². The van der Waals surface area contributed by atoms with Crippen molar-refractivity contribution in [1.29, 1.82) is 0 Å². The molecule has 0 aliphatic heterocycles. The van der Waals surface area contributed by atoms with Crippen LogP contribution in [0.4, 0.5) is 10.6 Å². The number of anilines is 1. The van der Waals surface area contributed by atoms with Gasteiger partial charge in [-0.3, -0.25) is 10.2 Å². The third-order valence-electron chi connectivity index (χ3n) is 5.21. The van der Waals surface area contributed by atoms with Crippen molar-refractivity contribution in [1.82, 2.24) is 25.2 Å². The number of hydrogen-bond donors (Lipinski definition) is 1. The summed E-state index contributed by atoms with van der Waals surface area (Å²) in [4.78, 5) is 27.1. The molecule has 0 atom stereocenters. The standard InChI is InChI=1S/C24H20N8O3/c1-32-23(27-30-31-32)22(16-8-3-2-4-9-16)29-34-15-18-11-7-13-21(25-18)26-24(33)35-28-20-14-17-10-5-6-12-19(17)20/h2-13H,14-15H2,1H3,(H,25,26,33)/b28-20+,29-22-. The average molecular weight is 468 g/mol. The van der Waals surface area contributed by atoms with Gasteiger partial charge in [-0.1, -0.05) is 71.0 Å². The smallest absolute Gasteiger partial charge is 0.389 e. The average Bonchev–Trinajstić information content (AvgIpc) is 3.28. The lowest BCUT2D eigenvalue weighted by molar-refractivity contribution is 0.128. The van der Waals surface area contributed by atoms with Gasteiger partial charge in [0.1, 0.15) is 5.82 Å². The van der Waals surface area contributed by atoms with Crippen molar-refractivity contribution in [3.8, 4) is 0 Å². The Hall–Kier alpha value is -4.93. The fourth-order valence-corrected chi connectivity index (χ4v) is 3.47. The zero-order valence-electron chi connectivity index (χ0n) is 18.7. The van der Waals surface area contributed by atoms with Gasteiger partial charge >= 0.3 is 6.09 Å². The Bertz CT molecular complexity index is 1420. The van der Waals surface area contributed by atoms with Crippen LogP contribution >= 0.6 is 0 Å². The first-order chi connectivity index (χ1) is 17.2. The van der Waals surface area contributed by atoms with Crippen LogP contribution in [-0.2, 0) is 29.8 Å². The molecular weight excluding hydrogens is 448 g/mol. The number of pyridine rings is 1. The van der Waals surface area contributed by atoms with Crippen molar-refractivity contribution in [2.75, 3.05) is 5.32 Å². The molecule has 0 spiro atoms. The maximum absolute atomic E-state index is 12.1. The molecule has 4 aromatic rings. The minimum absolute atomic E-state index is 0.0608. The highest BCUT2D eigenvalue weighted by Gasteiger charge is 2.21. The molecule has 0 saturated carbocycles. The molecule has 0 saturated heterocycles. The van der Waals surface area contributed by atoms with E-state index in [1.54, 1.807) is 25.2 Å². The number of rotatable bonds is 7. The van der Waals surface area contributed by atoms with Crippen LogP contribution in [0.25, 0.3) is 0 Å². The third kappa shape index (κ3) is 5.03. The summed E-state index contributed by atoms with van der Waals surface area (Å²) >= 11 is 0. The van der Waals surface area contributed by atoms with Crippen LogP contribution in [0, 0.1) is 0 Å². The second-order valence-electron chi connectivity index (χ2n) is 7.60. The molecule has 0 unspecified atom stereocenters. The number of carbonyl (C=O) groups excluding carboxylic acids is 1. The first-order valence-electron chi connectivity index (χ1n) is 10.7. The summed E-state index contributed by atoms with van der Waals surface area (Å²) < 4.78 is 1.51. The lowest BCUT2D eigenvalue weighted by atomic mass is 9.87. The van der Waals surface area contributed by atoms with Gasteiger partial charge in [-0.25, -0.2) is 14.5 Å². The molecule has 0 fully saturated rings. The van der Waals surface area contributed by atoms with Crippen LogP contribution in [0.1, 0.15) is 28.2 Å². The van der Waals surface area contributed by atoms with Gasteiger partial charge in [-0.05, 0) is 28.1 Å². The molecule has 174 valence electrons. The van der Waals surface area contributed by atoms with Gasteiger partial charge in [-0.15, -0.1) is 5.10 Å². The van der Waals surface area contributed by atoms with Crippen LogP contribution in [0.2, 0.25) is 0 Å². The van der Waals surface area contributed by atoms with Crippen LogP contribution in [0.3, 0.4) is 0 Å². The molecule has 1 aliphatic rings. The molecule has 0 bridgehead atoms. The summed E-state index contributed by atoms with van der Waals surface area (Å²) in [5, 5.41) is 22.3. The number of nitrogens with one attached hydrogen (secondary N) is 1. The lowest BCUT2D eigenvalue weighted by Crippen LogP contribution is -2.21. The minimum atomic E-state index is -0.730. The van der Waals surface area contributed by atoms with Gasteiger partial charge in [0.25, 0.3) is 0 Å². The van der Waals surface area contributed by atoms with E-state index in [1.807, 2.05) is 54.6 Å². The largest absolute Gasteiger partial charge is 0.439 e. The van der Waals surface area contributed by atoms with Crippen molar-refractivity contribution in [3.05, 3.63) is 101 Å². The molecule has 11 nitrogen and oxygen atoms in total. The van der Waals surface area contributed by atoms with E-state index in [4.69, 9.17) is 9.68 Å². The molecule has 1 amide bonds. The summed E-state index contributed by atoms with van der Waals surface area (Å²) in [7, 11) is 1.72. The molecule has 1 aliphatic carbocycles. The topological polar surface area (TPSA) is 129 Å². The number of benzene rings is 2. The minimum Gasteiger partial charge on any atom is -0.389 e. The number of tetrazole rings is 1. The molecule has 11 heteroatoms. The van der Waals surface area contributed by atoms with E-state index in [1.165, 1.54) is 10.2 Å². The van der Waals surface area contributed by atoms with E-state index in [-0.39, 0.29) is 6.61 Å². The molecule has 1 N–H and O–H groups in total. The SMILES string of the molecule is Cn1nnnc1/C(=N\OCc1cccc(NC(=O)O/N=C2\Cc3ccccc32)n1)c1ccccc1. The van der Waals surface area contributed by atoms with Gasteiger partial charge < -0.3 is 4.84 Å². The van der Waals surface area contributed by atoms with E-state index >= 15 is 0 Å². The molecule has 2 aromatic carbocycles. The Labute approximate surface area is 200 Å². The summed E-state index contributed by atoms with van der Waals surface area (Å²) in [6.07, 6.45) is -0.0589. The number of fused-ring (bicyclic) bond motifs is 1. The normalized spacial score (nSPS) is 13.6. The molecule has 35 heavy (non-hydrogen) atoms. The maximum atomic E-state index is 12.1. The number of hydrogen-bond acceptors (Lipinski definition) is 9. The Balaban J connectivity index is 1.22. The predicted octanol–water partition coefficient (Wildman–Crippen LogP) is 3.08. The van der Waals surface area contributed by atoms with Crippen molar-refractivity contribution >= 4 is 23.3 Å². The third-order valence-corrected chi connectivity index (χ3v) is 5.21. The predicted molar refractivity (Wildman–Crippen MR) is 127 cm³/mol. The summed E-state index contributed by atoms with van der Waals surface area (Å²) in [6, 6.07) is 22.4. The van der Waals surface area contributed by atoms with Crippen LogP contribution in [0.5, 0.6) is 0 Å². The lowest BCUT2D eigenvalue weighted by Gasteiger charge is -2.19. The van der Waals surface area contributed by atoms with E-state index in [9.17, 15) is 4.79 Å². The van der Waals surface area contributed by atoms with Crippen molar-refractivity contribution < 1.29 is 14.5 Å². The number of aryl methyl sites for hydroxylation is 1. The Morgan fingerprint density at radius 3 is 2.69 bits per heavy atom. The van der Waals surface area contributed by atoms with E-state index in [0.717, 1.165) is 16.8 Å². The monoisotopic (exact) mass is 468 g/mol. The Morgan fingerprint density at radius 2 is 1.89 bits per heavy atom. The quantitative estimate of drug-likeness (QED) is 0.251. The first-order valence-corrected chi connectivity index (χ1v) is 10.7. The second-order valence-corrected chi connectivity index (χ2v) is 7.60. The molecule has 0 radical (unpaired) electrons. The fourth-order valence-electron chi connectivity index (χ4n) is 3.47. The second kappa shape index (κ2) is 9.91. The van der Waals surface area contributed by atoms with Gasteiger partial charge in [-0.2, -0.15) is 0 Å². The number of aromatic nitrogens is 5. The van der Waals surface area contributed by atoms with Gasteiger partial charge in [0.05, 0.1) is 11.4 Å². The number of carbonyl (C=O) groups is 1. The Kier molecular flexibility index (Phi) is 6.20. The van der Waals surface area contributed by atoms with Crippen LogP contribution < -0.4 is 5.32 Å². The van der Waals surface area contributed by atoms with Crippen molar-refractivity contribution in [2.45, 2.75) is 13.0 Å². The summed E-state index contributed by atoms with van der Waals surface area (Å²) in [6.45, 7) is 0.0608. The van der Waals surface area contributed by atoms with Crippen LogP contribution in [0.15, 0.2) is 83.1 Å². The summed E-state index contributed by atoms with van der Waals surface area (Å²) in [5.74, 6) is 0.758. The highest BCUT2D eigenvalue weighted by molar-refractivity contribution is 6.10. The van der Waals surface area contributed by atoms with E-state index in [0.29, 0.717) is 29.5 Å².